The second-order valence-electron chi connectivity index (χ2n) is 8.45. The van der Waals surface area contributed by atoms with Gasteiger partial charge in [0.2, 0.25) is 0 Å². The highest BCUT2D eigenvalue weighted by atomic mass is 16.3. The number of benzene rings is 4. The van der Waals surface area contributed by atoms with E-state index >= 15 is 0 Å². The monoisotopic (exact) mass is 406 g/mol. The topological polar surface area (TPSA) is 20.2 Å². The summed E-state index contributed by atoms with van der Waals surface area (Å²) in [5.41, 5.74) is 6.92. The van der Waals surface area contributed by atoms with Gasteiger partial charge in [0.25, 0.3) is 0 Å². The zero-order valence-corrected chi connectivity index (χ0v) is 18.5. The highest BCUT2D eigenvalue weighted by Crippen LogP contribution is 2.41. The van der Waals surface area contributed by atoms with Crippen LogP contribution in [0, 0.1) is 0 Å². The van der Waals surface area contributed by atoms with Crippen LogP contribution in [0.2, 0.25) is 0 Å². The Hall–Kier alpha value is -3.32. The smallest absolute Gasteiger partial charge is 0.123 e. The average Bonchev–Trinajstić information content (AvgIpc) is 2.84. The van der Waals surface area contributed by atoms with E-state index in [0.717, 1.165) is 11.1 Å². The van der Waals surface area contributed by atoms with Gasteiger partial charge in [-0.25, -0.2) is 0 Å². The fourth-order valence-corrected chi connectivity index (χ4v) is 4.39. The number of hydrogen-bond donors (Lipinski definition) is 1. The van der Waals surface area contributed by atoms with Crippen LogP contribution in [0.3, 0.4) is 0 Å². The van der Waals surface area contributed by atoms with Crippen LogP contribution in [0.4, 0.5) is 0 Å². The van der Waals surface area contributed by atoms with Gasteiger partial charge in [-0.2, -0.15) is 0 Å². The van der Waals surface area contributed by atoms with E-state index < -0.39 is 0 Å². The van der Waals surface area contributed by atoms with Crippen molar-refractivity contribution in [3.63, 3.8) is 0 Å². The number of rotatable bonds is 6. The summed E-state index contributed by atoms with van der Waals surface area (Å²) in [5, 5.41) is 11.4. The van der Waals surface area contributed by atoms with E-state index in [2.05, 4.69) is 112 Å². The summed E-state index contributed by atoms with van der Waals surface area (Å²) in [6.45, 7) is 6.60. The molecule has 0 aliphatic heterocycles. The van der Waals surface area contributed by atoms with Gasteiger partial charge in [-0.3, -0.25) is 0 Å². The highest BCUT2D eigenvalue weighted by Gasteiger charge is 2.23. The van der Waals surface area contributed by atoms with Crippen LogP contribution in [-0.4, -0.2) is 5.11 Å². The minimum Gasteiger partial charge on any atom is -0.507 e. The lowest BCUT2D eigenvalue weighted by Crippen LogP contribution is -2.06. The van der Waals surface area contributed by atoms with Crippen LogP contribution in [0.1, 0.15) is 71.9 Å². The lowest BCUT2D eigenvalue weighted by atomic mass is 9.82. The summed E-state index contributed by atoms with van der Waals surface area (Å²) in [4.78, 5) is 0. The molecule has 0 saturated heterocycles. The number of phenolic OH excluding ortho intramolecular Hbond substituents is 1. The standard InChI is InChI=1S/C30H30O/c1-21(24-13-7-4-8-14-24)27-19-28(22(2)25-15-9-5-10-16-25)30(31)29(20-27)23(3)26-17-11-6-12-18-26/h4-23,31H,1-3H3/t21-,22-,23+/m1/s1. The summed E-state index contributed by atoms with van der Waals surface area (Å²) in [5.74, 6) is 0.860. The molecule has 156 valence electrons. The summed E-state index contributed by atoms with van der Waals surface area (Å²) in [6.07, 6.45) is 0. The minimum absolute atomic E-state index is 0.103. The molecule has 0 aromatic heterocycles. The third-order valence-electron chi connectivity index (χ3n) is 6.52. The molecule has 1 N–H and O–H groups in total. The molecule has 0 amide bonds. The van der Waals surface area contributed by atoms with Crippen molar-refractivity contribution in [3.05, 3.63) is 137 Å². The van der Waals surface area contributed by atoms with Crippen molar-refractivity contribution in [2.24, 2.45) is 0 Å². The van der Waals surface area contributed by atoms with Crippen molar-refractivity contribution in [3.8, 4) is 5.75 Å². The maximum absolute atomic E-state index is 11.4. The van der Waals surface area contributed by atoms with Crippen molar-refractivity contribution in [2.75, 3.05) is 0 Å². The van der Waals surface area contributed by atoms with Crippen LogP contribution in [0.25, 0.3) is 0 Å². The molecule has 0 aliphatic carbocycles. The maximum Gasteiger partial charge on any atom is 0.123 e. The maximum atomic E-state index is 11.4. The molecule has 0 saturated carbocycles. The van der Waals surface area contributed by atoms with E-state index in [1.807, 2.05) is 12.1 Å². The molecule has 0 heterocycles. The molecular weight excluding hydrogens is 376 g/mol. The summed E-state index contributed by atoms with van der Waals surface area (Å²) in [7, 11) is 0. The molecule has 1 heteroatoms. The molecule has 4 rings (SSSR count). The first-order chi connectivity index (χ1) is 15.1. The molecule has 1 nitrogen and oxygen atoms in total. The van der Waals surface area contributed by atoms with E-state index in [9.17, 15) is 5.11 Å². The van der Waals surface area contributed by atoms with Gasteiger partial charge in [0.1, 0.15) is 5.75 Å². The average molecular weight is 407 g/mol. The first-order valence-electron chi connectivity index (χ1n) is 11.1. The Balaban J connectivity index is 1.86. The quantitative estimate of drug-likeness (QED) is 0.346. The molecule has 0 unspecified atom stereocenters. The van der Waals surface area contributed by atoms with Crippen LogP contribution >= 0.6 is 0 Å². The lowest BCUT2D eigenvalue weighted by molar-refractivity contribution is 0.456. The van der Waals surface area contributed by atoms with Crippen LogP contribution in [-0.2, 0) is 0 Å². The molecule has 0 bridgehead atoms. The van der Waals surface area contributed by atoms with E-state index in [0.29, 0.717) is 5.75 Å². The third-order valence-corrected chi connectivity index (χ3v) is 6.52. The van der Waals surface area contributed by atoms with Crippen molar-refractivity contribution in [1.82, 2.24) is 0 Å². The van der Waals surface area contributed by atoms with Crippen LogP contribution in [0.5, 0.6) is 5.75 Å². The summed E-state index contributed by atoms with van der Waals surface area (Å²) >= 11 is 0. The zero-order valence-electron chi connectivity index (χ0n) is 18.5. The zero-order chi connectivity index (χ0) is 21.8. The van der Waals surface area contributed by atoms with Gasteiger partial charge in [-0.15, -0.1) is 0 Å². The Kier molecular flexibility index (Phi) is 6.23. The largest absolute Gasteiger partial charge is 0.507 e. The second-order valence-corrected chi connectivity index (χ2v) is 8.45. The normalized spacial score (nSPS) is 14.0. The van der Waals surface area contributed by atoms with Gasteiger partial charge in [0, 0.05) is 28.9 Å². The van der Waals surface area contributed by atoms with E-state index in [-0.39, 0.29) is 17.8 Å². The molecule has 4 aromatic carbocycles. The Morgan fingerprint density at radius 3 is 1.13 bits per heavy atom. The summed E-state index contributed by atoms with van der Waals surface area (Å²) < 4.78 is 0. The fraction of sp³-hybridized carbons (Fsp3) is 0.200. The van der Waals surface area contributed by atoms with Gasteiger partial charge in [0.05, 0.1) is 0 Å². The molecular formula is C30H30O. The predicted molar refractivity (Wildman–Crippen MR) is 130 cm³/mol. The fourth-order valence-electron chi connectivity index (χ4n) is 4.39. The SMILES string of the molecule is C[C@H](c1ccccc1)c1cc([C@H](C)c2ccccc2)c(O)c([C@@H](C)c2ccccc2)c1. The van der Waals surface area contributed by atoms with Gasteiger partial charge in [-0.1, -0.05) is 124 Å². The molecule has 31 heavy (non-hydrogen) atoms. The Morgan fingerprint density at radius 1 is 0.452 bits per heavy atom. The van der Waals surface area contributed by atoms with Crippen molar-refractivity contribution < 1.29 is 5.11 Å². The first-order valence-corrected chi connectivity index (χ1v) is 11.1. The van der Waals surface area contributed by atoms with E-state index in [1.54, 1.807) is 0 Å². The Labute approximate surface area is 186 Å². The van der Waals surface area contributed by atoms with Gasteiger partial charge < -0.3 is 5.11 Å². The Morgan fingerprint density at radius 2 is 0.774 bits per heavy atom. The summed E-state index contributed by atoms with van der Waals surface area (Å²) in [6, 6.07) is 35.9. The van der Waals surface area contributed by atoms with Gasteiger partial charge >= 0.3 is 0 Å². The van der Waals surface area contributed by atoms with Crippen molar-refractivity contribution >= 4 is 0 Å². The number of aromatic hydroxyl groups is 1. The number of hydrogen-bond acceptors (Lipinski definition) is 1. The van der Waals surface area contributed by atoms with Gasteiger partial charge in [-0.05, 0) is 22.3 Å². The second kappa shape index (κ2) is 9.22. The third kappa shape index (κ3) is 4.41. The van der Waals surface area contributed by atoms with Crippen LogP contribution < -0.4 is 0 Å². The molecule has 0 fully saturated rings. The first kappa shape index (κ1) is 20.9. The van der Waals surface area contributed by atoms with Crippen molar-refractivity contribution in [1.29, 1.82) is 0 Å². The predicted octanol–water partition coefficient (Wildman–Crippen LogP) is 7.85. The highest BCUT2D eigenvalue weighted by molar-refractivity contribution is 5.53. The molecule has 0 spiro atoms. The molecule has 3 atom stereocenters. The molecule has 4 aromatic rings. The lowest BCUT2D eigenvalue weighted by Gasteiger charge is -2.24. The van der Waals surface area contributed by atoms with Crippen molar-refractivity contribution in [2.45, 2.75) is 38.5 Å². The Bertz CT molecular complexity index is 1050. The van der Waals surface area contributed by atoms with Gasteiger partial charge in [0.15, 0.2) is 0 Å². The van der Waals surface area contributed by atoms with E-state index in [1.165, 1.54) is 22.3 Å². The van der Waals surface area contributed by atoms with E-state index in [4.69, 9.17) is 0 Å². The van der Waals surface area contributed by atoms with Crippen LogP contribution in [0.15, 0.2) is 103 Å². The number of phenols is 1. The molecule has 0 radical (unpaired) electrons. The molecule has 0 aliphatic rings. The minimum atomic E-state index is 0.103.